The van der Waals surface area contributed by atoms with Crippen molar-refractivity contribution in [2.75, 3.05) is 6.61 Å². The first-order valence-electron chi connectivity index (χ1n) is 8.34. The molecule has 3 aromatic rings. The first-order chi connectivity index (χ1) is 12.3. The zero-order chi connectivity index (χ0) is 16.8. The minimum atomic E-state index is -0.286. The fourth-order valence-electron chi connectivity index (χ4n) is 3.54. The Bertz CT molecular complexity index is 1030. The average Bonchev–Trinajstić information content (AvgIpc) is 3.19. The monoisotopic (exact) mass is 332 g/mol. The third-order valence-corrected chi connectivity index (χ3v) is 4.72. The van der Waals surface area contributed by atoms with Gasteiger partial charge in [-0.3, -0.25) is 9.36 Å². The molecule has 2 aromatic carbocycles. The summed E-state index contributed by atoms with van der Waals surface area (Å²) in [5.74, 6) is 0.841. The van der Waals surface area contributed by atoms with Crippen molar-refractivity contribution < 1.29 is 9.47 Å². The van der Waals surface area contributed by atoms with Crippen LogP contribution in [0.15, 0.2) is 59.5 Å². The van der Waals surface area contributed by atoms with Crippen molar-refractivity contribution in [3.63, 3.8) is 0 Å². The Morgan fingerprint density at radius 3 is 2.96 bits per heavy atom. The second-order valence-electron chi connectivity index (χ2n) is 6.40. The Hall–Kier alpha value is -3.08. The van der Waals surface area contributed by atoms with E-state index in [2.05, 4.69) is 41.4 Å². The second kappa shape index (κ2) is 5.48. The van der Waals surface area contributed by atoms with Crippen LogP contribution in [0.2, 0.25) is 0 Å². The van der Waals surface area contributed by atoms with Crippen molar-refractivity contribution in [2.24, 2.45) is 0 Å². The van der Waals surface area contributed by atoms with Gasteiger partial charge in [0.25, 0.3) is 11.6 Å². The Morgan fingerprint density at radius 1 is 1.12 bits per heavy atom. The molecule has 25 heavy (non-hydrogen) atoms. The van der Waals surface area contributed by atoms with Gasteiger partial charge >= 0.3 is 0 Å². The van der Waals surface area contributed by atoms with E-state index in [1.54, 1.807) is 6.20 Å². The lowest BCUT2D eigenvalue weighted by molar-refractivity contribution is 0.143. The van der Waals surface area contributed by atoms with Crippen molar-refractivity contribution in [2.45, 2.75) is 19.1 Å². The highest BCUT2D eigenvalue weighted by molar-refractivity contribution is 5.77. The SMILES string of the molecule is O=c1ccn2c(n1)OC(COc1ccc3c(c1)Cc1ccccc1-3)C2. The molecule has 0 radical (unpaired) electrons. The van der Waals surface area contributed by atoms with E-state index in [0.29, 0.717) is 19.2 Å². The van der Waals surface area contributed by atoms with E-state index in [0.717, 1.165) is 12.2 Å². The maximum atomic E-state index is 11.3. The van der Waals surface area contributed by atoms with E-state index in [1.807, 2.05) is 10.6 Å². The molecule has 0 spiro atoms. The molecule has 1 aliphatic carbocycles. The summed E-state index contributed by atoms with van der Waals surface area (Å²) < 4.78 is 13.4. The third-order valence-electron chi connectivity index (χ3n) is 4.72. The van der Waals surface area contributed by atoms with Crippen molar-refractivity contribution in [1.82, 2.24) is 9.55 Å². The van der Waals surface area contributed by atoms with Gasteiger partial charge in [0.15, 0.2) is 6.10 Å². The van der Waals surface area contributed by atoms with Crippen molar-refractivity contribution >= 4 is 0 Å². The molecule has 5 heteroatoms. The first-order valence-corrected chi connectivity index (χ1v) is 8.34. The van der Waals surface area contributed by atoms with Gasteiger partial charge in [-0.1, -0.05) is 30.3 Å². The summed E-state index contributed by atoms with van der Waals surface area (Å²) in [4.78, 5) is 15.1. The van der Waals surface area contributed by atoms with Gasteiger partial charge in [-0.25, -0.2) is 0 Å². The molecule has 2 aliphatic rings. The van der Waals surface area contributed by atoms with E-state index in [1.165, 1.54) is 28.3 Å². The van der Waals surface area contributed by atoms with Gasteiger partial charge in [-0.2, -0.15) is 4.98 Å². The van der Waals surface area contributed by atoms with Crippen LogP contribution in [0, 0.1) is 0 Å². The zero-order valence-corrected chi connectivity index (χ0v) is 13.5. The molecule has 1 atom stereocenters. The van der Waals surface area contributed by atoms with Gasteiger partial charge in [0, 0.05) is 12.3 Å². The summed E-state index contributed by atoms with van der Waals surface area (Å²) in [5, 5.41) is 0. The zero-order valence-electron chi connectivity index (χ0n) is 13.5. The number of benzene rings is 2. The minimum Gasteiger partial charge on any atom is -0.490 e. The van der Waals surface area contributed by atoms with Gasteiger partial charge in [0.05, 0.1) is 6.54 Å². The molecule has 0 fully saturated rings. The number of ether oxygens (including phenoxy) is 2. The average molecular weight is 332 g/mol. The molecule has 0 saturated heterocycles. The van der Waals surface area contributed by atoms with E-state index < -0.39 is 0 Å². The van der Waals surface area contributed by atoms with Crippen LogP contribution < -0.4 is 15.0 Å². The second-order valence-corrected chi connectivity index (χ2v) is 6.40. The Balaban J connectivity index is 1.29. The normalized spacial score (nSPS) is 16.7. The number of hydrogen-bond donors (Lipinski definition) is 0. The fourth-order valence-corrected chi connectivity index (χ4v) is 3.54. The van der Waals surface area contributed by atoms with Crippen LogP contribution in [-0.2, 0) is 13.0 Å². The van der Waals surface area contributed by atoms with Crippen LogP contribution >= 0.6 is 0 Å². The van der Waals surface area contributed by atoms with E-state index in [9.17, 15) is 4.79 Å². The molecule has 5 nitrogen and oxygen atoms in total. The summed E-state index contributed by atoms with van der Waals surface area (Å²) in [6, 6.07) is 16.5. The Labute approximate surface area is 144 Å². The molecular weight excluding hydrogens is 316 g/mol. The minimum absolute atomic E-state index is 0.139. The van der Waals surface area contributed by atoms with Crippen molar-refractivity contribution in [1.29, 1.82) is 0 Å². The number of aromatic nitrogens is 2. The molecule has 1 aliphatic heterocycles. The van der Waals surface area contributed by atoms with E-state index >= 15 is 0 Å². The lowest BCUT2D eigenvalue weighted by Crippen LogP contribution is -2.23. The van der Waals surface area contributed by atoms with Gasteiger partial charge in [0.2, 0.25) is 0 Å². The standard InChI is InChI=1S/C20H16N2O3/c23-19-7-8-22-11-16(25-20(22)21-19)12-24-15-5-6-18-14(10-15)9-13-3-1-2-4-17(13)18/h1-8,10,16H,9,11-12H2. The lowest BCUT2D eigenvalue weighted by Gasteiger charge is -2.12. The number of hydrogen-bond acceptors (Lipinski definition) is 4. The molecule has 124 valence electrons. The largest absolute Gasteiger partial charge is 0.490 e. The topological polar surface area (TPSA) is 53.4 Å². The molecule has 1 aromatic heterocycles. The fraction of sp³-hybridized carbons (Fsp3) is 0.200. The molecule has 0 amide bonds. The van der Waals surface area contributed by atoms with Crippen LogP contribution in [0.4, 0.5) is 0 Å². The number of rotatable bonds is 3. The summed E-state index contributed by atoms with van der Waals surface area (Å²) in [6.07, 6.45) is 2.51. The highest BCUT2D eigenvalue weighted by Crippen LogP contribution is 2.38. The molecule has 2 heterocycles. The van der Waals surface area contributed by atoms with Crippen LogP contribution in [0.1, 0.15) is 11.1 Å². The lowest BCUT2D eigenvalue weighted by atomic mass is 10.1. The highest BCUT2D eigenvalue weighted by atomic mass is 16.6. The Kier molecular flexibility index (Phi) is 3.13. The third kappa shape index (κ3) is 2.48. The smallest absolute Gasteiger partial charge is 0.300 e. The number of nitrogens with zero attached hydrogens (tertiary/aromatic N) is 2. The molecule has 0 N–H and O–H groups in total. The van der Waals surface area contributed by atoms with Crippen LogP contribution in [-0.4, -0.2) is 22.3 Å². The van der Waals surface area contributed by atoms with E-state index in [-0.39, 0.29) is 11.7 Å². The maximum Gasteiger partial charge on any atom is 0.300 e. The quantitative estimate of drug-likeness (QED) is 0.579. The van der Waals surface area contributed by atoms with Gasteiger partial charge in [0.1, 0.15) is 12.4 Å². The van der Waals surface area contributed by atoms with Crippen LogP contribution in [0.3, 0.4) is 0 Å². The number of fused-ring (bicyclic) bond motifs is 4. The maximum absolute atomic E-state index is 11.3. The van der Waals surface area contributed by atoms with Crippen molar-refractivity contribution in [3.8, 4) is 22.9 Å². The van der Waals surface area contributed by atoms with Crippen LogP contribution in [0.5, 0.6) is 11.8 Å². The molecule has 1 unspecified atom stereocenters. The Morgan fingerprint density at radius 2 is 2.00 bits per heavy atom. The summed E-state index contributed by atoms with van der Waals surface area (Å²) in [7, 11) is 0. The molecular formula is C20H16N2O3. The predicted molar refractivity (Wildman–Crippen MR) is 93.1 cm³/mol. The van der Waals surface area contributed by atoms with Gasteiger partial charge in [-0.05, 0) is 40.8 Å². The summed E-state index contributed by atoms with van der Waals surface area (Å²) in [6.45, 7) is 1.06. The predicted octanol–water partition coefficient (Wildman–Crippen LogP) is 2.65. The van der Waals surface area contributed by atoms with Crippen LogP contribution in [0.25, 0.3) is 11.1 Å². The molecule has 5 rings (SSSR count). The first kappa shape index (κ1) is 14.3. The highest BCUT2D eigenvalue weighted by Gasteiger charge is 2.24. The molecule has 0 bridgehead atoms. The van der Waals surface area contributed by atoms with Gasteiger partial charge in [-0.15, -0.1) is 0 Å². The summed E-state index contributed by atoms with van der Waals surface area (Å²) in [5.41, 5.74) is 4.97. The van der Waals surface area contributed by atoms with Gasteiger partial charge < -0.3 is 9.47 Å². The van der Waals surface area contributed by atoms with E-state index in [4.69, 9.17) is 9.47 Å². The molecule has 0 saturated carbocycles. The van der Waals surface area contributed by atoms with Crippen molar-refractivity contribution in [3.05, 3.63) is 76.2 Å². The summed E-state index contributed by atoms with van der Waals surface area (Å²) >= 11 is 0.